The van der Waals surface area contributed by atoms with Gasteiger partial charge in [0.2, 0.25) is 0 Å². The van der Waals surface area contributed by atoms with Crippen molar-refractivity contribution in [2.45, 2.75) is 33.6 Å². The normalized spacial score (nSPS) is 14.7. The van der Waals surface area contributed by atoms with Crippen LogP contribution >= 0.6 is 0 Å². The first-order valence-corrected chi connectivity index (χ1v) is 15.6. The number of rotatable bonds is 4. The van der Waals surface area contributed by atoms with Crippen LogP contribution in [-0.4, -0.2) is 5.91 Å². The zero-order chi connectivity index (χ0) is 30.7. The third-order valence-corrected chi connectivity index (χ3v) is 8.97. The summed E-state index contributed by atoms with van der Waals surface area (Å²) in [6, 6.07) is 53.3. The summed E-state index contributed by atoms with van der Waals surface area (Å²) < 4.78 is 0. The molecule has 45 heavy (non-hydrogen) atoms. The van der Waals surface area contributed by atoms with Gasteiger partial charge >= 0.3 is 0 Å². The largest absolute Gasteiger partial charge is 0.295 e. The molecule has 1 spiro atoms. The van der Waals surface area contributed by atoms with Crippen LogP contribution in [0.2, 0.25) is 0 Å². The standard InChI is InChI=1S/C41H36N4/c1-29-13-9-17-33(25-29)42-37-21-5-6-22-38(37)43(34-18-10-14-30(2)26-34)41(42)44(35-19-11-15-31(3)27-35)39-23-7-8-24-40(39)45(41)36-20-12-16-32(4)28-36/h5-28H,1-4H3. The summed E-state index contributed by atoms with van der Waals surface area (Å²) >= 11 is 0. The van der Waals surface area contributed by atoms with E-state index in [9.17, 15) is 0 Å². The van der Waals surface area contributed by atoms with Gasteiger partial charge in [-0.05, 0) is 123 Å². The molecule has 0 amide bonds. The summed E-state index contributed by atoms with van der Waals surface area (Å²) in [5.41, 5.74) is 14.0. The molecular weight excluding hydrogens is 548 g/mol. The lowest BCUT2D eigenvalue weighted by molar-refractivity contribution is 0.479. The lowest BCUT2D eigenvalue weighted by atomic mass is 10.1. The van der Waals surface area contributed by atoms with E-state index in [2.05, 4.69) is 193 Å². The Morgan fingerprint density at radius 3 is 0.778 bits per heavy atom. The Kier molecular flexibility index (Phi) is 6.21. The van der Waals surface area contributed by atoms with Crippen molar-refractivity contribution in [3.05, 3.63) is 168 Å². The first kappa shape index (κ1) is 27.1. The van der Waals surface area contributed by atoms with Gasteiger partial charge in [0.05, 0.1) is 22.7 Å². The van der Waals surface area contributed by atoms with Gasteiger partial charge in [-0.15, -0.1) is 0 Å². The van der Waals surface area contributed by atoms with Crippen LogP contribution in [0.15, 0.2) is 146 Å². The summed E-state index contributed by atoms with van der Waals surface area (Å²) in [6.07, 6.45) is 0. The van der Waals surface area contributed by atoms with E-state index in [4.69, 9.17) is 0 Å². The molecule has 0 radical (unpaired) electrons. The van der Waals surface area contributed by atoms with Gasteiger partial charge in [-0.3, -0.25) is 19.6 Å². The predicted molar refractivity (Wildman–Crippen MR) is 189 cm³/mol. The molecule has 0 fully saturated rings. The SMILES string of the molecule is Cc1cccc(N2c3ccccc3N(c3cccc(C)c3)C23N(c2cccc(C)c2)c2ccccc2N3c2cccc(C)c2)c1. The fourth-order valence-corrected chi connectivity index (χ4v) is 7.25. The van der Waals surface area contributed by atoms with Crippen LogP contribution in [-0.2, 0) is 0 Å². The smallest absolute Gasteiger partial charge is 0.280 e. The summed E-state index contributed by atoms with van der Waals surface area (Å²) in [5.74, 6) is -0.906. The molecule has 0 aromatic heterocycles. The molecule has 0 N–H and O–H groups in total. The van der Waals surface area contributed by atoms with Crippen molar-refractivity contribution in [3.8, 4) is 0 Å². The van der Waals surface area contributed by atoms with Crippen molar-refractivity contribution in [1.29, 1.82) is 0 Å². The molecule has 6 aromatic carbocycles. The van der Waals surface area contributed by atoms with Crippen LogP contribution in [0.4, 0.5) is 45.5 Å². The Balaban J connectivity index is 1.58. The highest BCUT2D eigenvalue weighted by Gasteiger charge is 2.64. The number of nitrogens with zero attached hydrogens (tertiary/aromatic N) is 4. The highest BCUT2D eigenvalue weighted by Crippen LogP contribution is 2.64. The Bertz CT molecular complexity index is 1770. The quantitative estimate of drug-likeness (QED) is 0.204. The molecule has 220 valence electrons. The van der Waals surface area contributed by atoms with E-state index in [0.717, 1.165) is 45.5 Å². The van der Waals surface area contributed by atoms with Crippen molar-refractivity contribution in [3.63, 3.8) is 0 Å². The minimum Gasteiger partial charge on any atom is -0.280 e. The maximum absolute atomic E-state index is 2.54. The summed E-state index contributed by atoms with van der Waals surface area (Å²) in [4.78, 5) is 10.2. The van der Waals surface area contributed by atoms with Crippen LogP contribution in [0, 0.1) is 27.7 Å². The number of para-hydroxylation sites is 4. The third kappa shape index (κ3) is 4.06. The molecule has 4 heteroatoms. The van der Waals surface area contributed by atoms with Crippen LogP contribution in [0.1, 0.15) is 22.3 Å². The van der Waals surface area contributed by atoms with Gasteiger partial charge in [0, 0.05) is 22.7 Å². The zero-order valence-corrected chi connectivity index (χ0v) is 26.1. The number of hydrogen-bond acceptors (Lipinski definition) is 4. The molecule has 0 saturated carbocycles. The lowest BCUT2D eigenvalue weighted by Gasteiger charge is -2.53. The van der Waals surface area contributed by atoms with E-state index in [0.29, 0.717) is 0 Å². The highest BCUT2D eigenvalue weighted by atomic mass is 15.8. The first-order valence-electron chi connectivity index (χ1n) is 15.6. The van der Waals surface area contributed by atoms with E-state index in [-0.39, 0.29) is 0 Å². The summed E-state index contributed by atoms with van der Waals surface area (Å²) in [5, 5.41) is 0. The van der Waals surface area contributed by atoms with Crippen molar-refractivity contribution < 1.29 is 0 Å². The average molecular weight is 585 g/mol. The molecule has 0 bridgehead atoms. The maximum Gasteiger partial charge on any atom is 0.295 e. The second-order valence-electron chi connectivity index (χ2n) is 12.3. The number of hydrogen-bond donors (Lipinski definition) is 0. The van der Waals surface area contributed by atoms with Crippen molar-refractivity contribution in [2.75, 3.05) is 19.6 Å². The van der Waals surface area contributed by atoms with Gasteiger partial charge in [-0.1, -0.05) is 72.8 Å². The lowest BCUT2D eigenvalue weighted by Crippen LogP contribution is -2.70. The summed E-state index contributed by atoms with van der Waals surface area (Å²) in [6.45, 7) is 8.71. The molecule has 8 rings (SSSR count). The zero-order valence-electron chi connectivity index (χ0n) is 26.1. The average Bonchev–Trinajstić information content (AvgIpc) is 3.50. The van der Waals surface area contributed by atoms with Gasteiger partial charge < -0.3 is 0 Å². The Hall–Kier alpha value is -5.48. The number of aryl methyl sites for hydroxylation is 4. The Morgan fingerprint density at radius 1 is 0.311 bits per heavy atom. The van der Waals surface area contributed by atoms with Gasteiger partial charge in [-0.25, -0.2) is 0 Å². The molecule has 2 aliphatic rings. The monoisotopic (exact) mass is 584 g/mol. The number of benzene rings is 6. The van der Waals surface area contributed by atoms with Crippen molar-refractivity contribution in [1.82, 2.24) is 0 Å². The van der Waals surface area contributed by atoms with Crippen LogP contribution in [0.25, 0.3) is 0 Å². The van der Waals surface area contributed by atoms with Crippen molar-refractivity contribution in [2.24, 2.45) is 0 Å². The molecule has 0 aliphatic carbocycles. The molecular formula is C41H36N4. The van der Waals surface area contributed by atoms with E-state index in [1.165, 1.54) is 22.3 Å². The second kappa shape index (κ2) is 10.3. The topological polar surface area (TPSA) is 13.0 Å². The fraction of sp³-hybridized carbons (Fsp3) is 0.122. The minimum atomic E-state index is -0.906. The number of fused-ring (bicyclic) bond motifs is 2. The third-order valence-electron chi connectivity index (χ3n) is 8.97. The summed E-state index contributed by atoms with van der Waals surface area (Å²) in [7, 11) is 0. The molecule has 2 aliphatic heterocycles. The van der Waals surface area contributed by atoms with E-state index >= 15 is 0 Å². The van der Waals surface area contributed by atoms with Gasteiger partial charge in [0.15, 0.2) is 0 Å². The minimum absolute atomic E-state index is 0.906. The fourth-order valence-electron chi connectivity index (χ4n) is 7.25. The van der Waals surface area contributed by atoms with E-state index in [1.807, 2.05) is 0 Å². The van der Waals surface area contributed by atoms with Crippen molar-refractivity contribution >= 4 is 45.5 Å². The highest BCUT2D eigenvalue weighted by molar-refractivity contribution is 6.02. The van der Waals surface area contributed by atoms with E-state index < -0.39 is 5.91 Å². The number of anilines is 8. The van der Waals surface area contributed by atoms with Gasteiger partial charge in [-0.2, -0.15) is 0 Å². The van der Waals surface area contributed by atoms with Crippen LogP contribution in [0.5, 0.6) is 0 Å². The Labute approximate surface area is 266 Å². The predicted octanol–water partition coefficient (Wildman–Crippen LogP) is 10.8. The molecule has 2 heterocycles. The molecule has 6 aromatic rings. The second-order valence-corrected chi connectivity index (χ2v) is 12.3. The van der Waals surface area contributed by atoms with Crippen LogP contribution < -0.4 is 19.6 Å². The first-order chi connectivity index (χ1) is 22.0. The molecule has 4 nitrogen and oxygen atoms in total. The molecule has 0 unspecified atom stereocenters. The van der Waals surface area contributed by atoms with Gasteiger partial charge in [0.25, 0.3) is 5.91 Å². The maximum atomic E-state index is 2.54. The van der Waals surface area contributed by atoms with E-state index in [1.54, 1.807) is 0 Å². The van der Waals surface area contributed by atoms with Gasteiger partial charge in [0.1, 0.15) is 0 Å². The molecule has 0 saturated heterocycles. The van der Waals surface area contributed by atoms with Crippen LogP contribution in [0.3, 0.4) is 0 Å². The molecule has 0 atom stereocenters. The Morgan fingerprint density at radius 2 is 0.556 bits per heavy atom.